The predicted octanol–water partition coefficient (Wildman–Crippen LogP) is 1.05. The summed E-state index contributed by atoms with van der Waals surface area (Å²) in [5.74, 6) is 1.52. The molecule has 2 fully saturated rings. The summed E-state index contributed by atoms with van der Waals surface area (Å²) in [6.07, 6.45) is 2.26. The molecule has 0 spiro atoms. The van der Waals surface area contributed by atoms with Crippen molar-refractivity contribution in [2.75, 3.05) is 33.3 Å². The number of carbonyl (C=O) groups is 1. The fourth-order valence-corrected chi connectivity index (χ4v) is 3.84. The van der Waals surface area contributed by atoms with E-state index < -0.39 is 18.3 Å². The summed E-state index contributed by atoms with van der Waals surface area (Å²) in [5.41, 5.74) is 1.10. The van der Waals surface area contributed by atoms with Crippen LogP contribution >= 0.6 is 0 Å². The van der Waals surface area contributed by atoms with Crippen LogP contribution in [0.4, 0.5) is 4.79 Å². The summed E-state index contributed by atoms with van der Waals surface area (Å²) in [5, 5.41) is 19.6. The van der Waals surface area contributed by atoms with E-state index in [1.807, 2.05) is 24.3 Å². The second-order valence-corrected chi connectivity index (χ2v) is 7.43. The highest BCUT2D eigenvalue weighted by Crippen LogP contribution is 2.19. The van der Waals surface area contributed by atoms with Crippen molar-refractivity contribution in [1.82, 2.24) is 16.0 Å². The molecule has 2 aliphatic heterocycles. The van der Waals surface area contributed by atoms with Gasteiger partial charge in [-0.2, -0.15) is 0 Å². The number of hydrogen-bond acceptors (Lipinski definition) is 6. The Kier molecular flexibility index (Phi) is 7.32. The van der Waals surface area contributed by atoms with Crippen molar-refractivity contribution < 1.29 is 19.4 Å². The summed E-state index contributed by atoms with van der Waals surface area (Å²) in [6, 6.07) is 7.68. The maximum atomic E-state index is 12.1. The Morgan fingerprint density at radius 2 is 2.11 bits per heavy atom. The average molecular weight is 377 g/mol. The van der Waals surface area contributed by atoms with Gasteiger partial charge in [-0.25, -0.2) is 4.79 Å². The van der Waals surface area contributed by atoms with Gasteiger partial charge in [0.15, 0.2) is 0 Å². The third-order valence-corrected chi connectivity index (χ3v) is 5.44. The lowest BCUT2D eigenvalue weighted by atomic mass is 10.0. The highest BCUT2D eigenvalue weighted by Gasteiger charge is 2.37. The number of alkyl carbamates (subject to hydrolysis) is 1. The number of aliphatic hydroxyl groups excluding tert-OH is 1. The molecule has 0 radical (unpaired) electrons. The van der Waals surface area contributed by atoms with Crippen molar-refractivity contribution in [3.8, 4) is 5.75 Å². The zero-order valence-corrected chi connectivity index (χ0v) is 15.9. The number of benzene rings is 1. The van der Waals surface area contributed by atoms with E-state index in [9.17, 15) is 9.90 Å². The van der Waals surface area contributed by atoms with Crippen molar-refractivity contribution >= 4 is 6.09 Å². The number of hydrogen-bond donors (Lipinski definition) is 4. The van der Waals surface area contributed by atoms with Crippen molar-refractivity contribution in [3.63, 3.8) is 0 Å². The maximum absolute atomic E-state index is 12.1. The molecule has 0 saturated carbocycles. The Bertz CT molecular complexity index is 589. The van der Waals surface area contributed by atoms with Gasteiger partial charge in [0.1, 0.15) is 18.0 Å². The topological polar surface area (TPSA) is 91.8 Å². The van der Waals surface area contributed by atoms with Crippen LogP contribution in [0.3, 0.4) is 0 Å². The molecule has 1 aromatic rings. The van der Waals surface area contributed by atoms with Gasteiger partial charge in [0.25, 0.3) is 0 Å². The second kappa shape index (κ2) is 9.92. The normalized spacial score (nSPS) is 27.5. The van der Waals surface area contributed by atoms with Gasteiger partial charge in [-0.3, -0.25) is 0 Å². The van der Waals surface area contributed by atoms with E-state index in [2.05, 4.69) is 16.0 Å². The molecule has 7 heteroatoms. The Balaban J connectivity index is 1.42. The highest BCUT2D eigenvalue weighted by molar-refractivity contribution is 5.67. The van der Waals surface area contributed by atoms with Crippen LogP contribution in [0.5, 0.6) is 5.75 Å². The molecule has 27 heavy (non-hydrogen) atoms. The number of methoxy groups -OCH3 is 1. The van der Waals surface area contributed by atoms with Crippen molar-refractivity contribution in [2.45, 2.75) is 43.9 Å². The van der Waals surface area contributed by atoms with Crippen LogP contribution in [0, 0.1) is 5.92 Å². The molecule has 0 unspecified atom stereocenters. The van der Waals surface area contributed by atoms with E-state index in [4.69, 9.17) is 9.47 Å². The number of aliphatic hydroxyl groups is 1. The Hall–Kier alpha value is -1.83. The molecule has 2 heterocycles. The summed E-state index contributed by atoms with van der Waals surface area (Å²) < 4.78 is 10.7. The van der Waals surface area contributed by atoms with E-state index in [0.29, 0.717) is 19.5 Å². The van der Waals surface area contributed by atoms with Gasteiger partial charge in [-0.05, 0) is 62.4 Å². The SMILES string of the molecule is COc1ccc(C[C@H]2NC[C@H](O)[C@H]2OC(=O)NCCC[C@@H]2CCNC2)cc1. The molecule has 0 bridgehead atoms. The molecule has 150 valence electrons. The zero-order chi connectivity index (χ0) is 19.1. The largest absolute Gasteiger partial charge is 0.497 e. The fourth-order valence-electron chi connectivity index (χ4n) is 3.84. The van der Waals surface area contributed by atoms with Gasteiger partial charge in [0, 0.05) is 13.1 Å². The van der Waals surface area contributed by atoms with Gasteiger partial charge in [-0.15, -0.1) is 0 Å². The number of β-amino-alcohol motifs (C(OH)–C–C–N with tert-alkyl or cyclic N) is 1. The minimum absolute atomic E-state index is 0.108. The summed E-state index contributed by atoms with van der Waals surface area (Å²) in [4.78, 5) is 12.1. The average Bonchev–Trinajstić information content (AvgIpc) is 3.31. The Labute approximate surface area is 160 Å². The lowest BCUT2D eigenvalue weighted by Crippen LogP contribution is -2.41. The fraction of sp³-hybridized carbons (Fsp3) is 0.650. The van der Waals surface area contributed by atoms with Crippen molar-refractivity contribution in [1.29, 1.82) is 0 Å². The number of amides is 1. The number of rotatable bonds is 8. The molecule has 7 nitrogen and oxygen atoms in total. The van der Waals surface area contributed by atoms with Crippen LogP contribution in [-0.4, -0.2) is 62.7 Å². The first-order chi connectivity index (χ1) is 13.2. The third-order valence-electron chi connectivity index (χ3n) is 5.44. The first-order valence-electron chi connectivity index (χ1n) is 9.85. The molecule has 2 aliphatic rings. The maximum Gasteiger partial charge on any atom is 0.407 e. The molecular formula is C20H31N3O4. The van der Waals surface area contributed by atoms with E-state index >= 15 is 0 Å². The molecule has 1 aromatic carbocycles. The standard InChI is InChI=1S/C20H31N3O4/c1-26-16-6-4-14(5-7-16)11-17-19(18(24)13-23-17)27-20(25)22-9-2-3-15-8-10-21-12-15/h4-7,15,17-19,21,23-24H,2-3,8-13H2,1H3,(H,22,25)/t15-,17-,18+,19+/m1/s1. The quantitative estimate of drug-likeness (QED) is 0.506. The number of nitrogens with one attached hydrogen (secondary N) is 3. The van der Waals surface area contributed by atoms with Gasteiger partial charge in [0.05, 0.1) is 13.2 Å². The first-order valence-corrected chi connectivity index (χ1v) is 9.85. The summed E-state index contributed by atoms with van der Waals surface area (Å²) in [6.45, 7) is 3.21. The van der Waals surface area contributed by atoms with Gasteiger partial charge in [-0.1, -0.05) is 12.1 Å². The second-order valence-electron chi connectivity index (χ2n) is 7.43. The van der Waals surface area contributed by atoms with Crippen molar-refractivity contribution in [2.24, 2.45) is 5.92 Å². The van der Waals surface area contributed by atoms with E-state index in [0.717, 1.165) is 43.2 Å². The van der Waals surface area contributed by atoms with Gasteiger partial charge >= 0.3 is 6.09 Å². The van der Waals surface area contributed by atoms with Crippen LogP contribution in [0.2, 0.25) is 0 Å². The van der Waals surface area contributed by atoms with E-state index in [1.165, 1.54) is 6.42 Å². The highest BCUT2D eigenvalue weighted by atomic mass is 16.6. The summed E-state index contributed by atoms with van der Waals surface area (Å²) in [7, 11) is 1.64. The van der Waals surface area contributed by atoms with Gasteiger partial charge < -0.3 is 30.5 Å². The predicted molar refractivity (Wildman–Crippen MR) is 103 cm³/mol. The van der Waals surface area contributed by atoms with E-state index in [-0.39, 0.29) is 6.04 Å². The van der Waals surface area contributed by atoms with E-state index in [1.54, 1.807) is 7.11 Å². The molecule has 3 rings (SSSR count). The van der Waals surface area contributed by atoms with Crippen molar-refractivity contribution in [3.05, 3.63) is 29.8 Å². The smallest absolute Gasteiger partial charge is 0.407 e. The Morgan fingerprint density at radius 3 is 2.81 bits per heavy atom. The summed E-state index contributed by atoms with van der Waals surface area (Å²) >= 11 is 0. The molecule has 0 aromatic heterocycles. The minimum atomic E-state index is -0.691. The van der Waals surface area contributed by atoms with Gasteiger partial charge in [0.2, 0.25) is 0 Å². The van der Waals surface area contributed by atoms with Crippen LogP contribution in [-0.2, 0) is 11.2 Å². The third kappa shape index (κ3) is 5.82. The first kappa shape index (κ1) is 19.9. The molecule has 2 saturated heterocycles. The van der Waals surface area contributed by atoms with Crippen LogP contribution in [0.15, 0.2) is 24.3 Å². The molecule has 0 aliphatic carbocycles. The Morgan fingerprint density at radius 1 is 1.30 bits per heavy atom. The van der Waals surface area contributed by atoms with Crippen LogP contribution in [0.25, 0.3) is 0 Å². The lowest BCUT2D eigenvalue weighted by molar-refractivity contribution is 0.0190. The molecule has 4 N–H and O–H groups in total. The number of carbonyl (C=O) groups excluding carboxylic acids is 1. The minimum Gasteiger partial charge on any atom is -0.497 e. The van der Waals surface area contributed by atoms with Crippen LogP contribution < -0.4 is 20.7 Å². The number of ether oxygens (including phenoxy) is 2. The molecule has 4 atom stereocenters. The lowest BCUT2D eigenvalue weighted by Gasteiger charge is -2.22. The molecule has 1 amide bonds. The zero-order valence-electron chi connectivity index (χ0n) is 15.9. The molecular weight excluding hydrogens is 346 g/mol. The monoisotopic (exact) mass is 377 g/mol. The van der Waals surface area contributed by atoms with Crippen LogP contribution in [0.1, 0.15) is 24.8 Å².